The molecule has 19 heavy (non-hydrogen) atoms. The minimum atomic E-state index is -0.763. The summed E-state index contributed by atoms with van der Waals surface area (Å²) in [5, 5.41) is 9.45. The molecule has 0 radical (unpaired) electrons. The Morgan fingerprint density at radius 2 is 2.26 bits per heavy atom. The van der Waals surface area contributed by atoms with Crippen molar-refractivity contribution >= 4 is 11.8 Å². The van der Waals surface area contributed by atoms with Gasteiger partial charge >= 0.3 is 5.97 Å². The van der Waals surface area contributed by atoms with Gasteiger partial charge in [-0.25, -0.2) is 9.78 Å². The molecule has 1 saturated heterocycles. The molecule has 1 aliphatic rings. The minimum Gasteiger partial charge on any atom is -0.480 e. The van der Waals surface area contributed by atoms with Crippen LogP contribution in [0.2, 0.25) is 0 Å². The lowest BCUT2D eigenvalue weighted by molar-refractivity contribution is -0.139. The molecule has 2 heterocycles. The average molecular weight is 263 g/mol. The topological polar surface area (TPSA) is 66.3 Å². The highest BCUT2D eigenvalue weighted by molar-refractivity contribution is 5.78. The van der Waals surface area contributed by atoms with Crippen LogP contribution >= 0.6 is 0 Å². The van der Waals surface area contributed by atoms with E-state index in [1.54, 1.807) is 6.20 Å². The average Bonchev–Trinajstić information content (AvgIpc) is 2.40. The summed E-state index contributed by atoms with van der Waals surface area (Å²) in [6, 6.07) is -0.478. The van der Waals surface area contributed by atoms with Gasteiger partial charge in [-0.2, -0.15) is 0 Å². The molecule has 0 amide bonds. The maximum atomic E-state index is 11.5. The fourth-order valence-electron chi connectivity index (χ4n) is 2.69. The number of carboxylic acids is 1. The highest BCUT2D eigenvalue weighted by Crippen LogP contribution is 2.30. The molecule has 0 aliphatic carbocycles. The monoisotopic (exact) mass is 263 g/mol. The minimum absolute atomic E-state index is 0.478. The van der Waals surface area contributed by atoms with Crippen LogP contribution in [0.15, 0.2) is 6.20 Å². The molecular formula is C14H21N3O2. The predicted molar refractivity (Wildman–Crippen MR) is 73.3 cm³/mol. The second-order valence-electron chi connectivity index (χ2n) is 5.27. The van der Waals surface area contributed by atoms with Crippen molar-refractivity contribution in [2.75, 3.05) is 11.4 Å². The van der Waals surface area contributed by atoms with Crippen LogP contribution in [0.5, 0.6) is 0 Å². The van der Waals surface area contributed by atoms with Crippen LogP contribution in [0.1, 0.15) is 37.6 Å². The highest BCUT2D eigenvalue weighted by Gasteiger charge is 2.34. The molecule has 0 aromatic carbocycles. The van der Waals surface area contributed by atoms with Crippen molar-refractivity contribution in [3.63, 3.8) is 0 Å². The van der Waals surface area contributed by atoms with Gasteiger partial charge in [0.2, 0.25) is 0 Å². The molecule has 0 spiro atoms. The first-order chi connectivity index (χ1) is 9.02. The SMILES string of the molecule is CCC1CCN(c2nc(C)cnc2C)C(C(=O)O)C1. The van der Waals surface area contributed by atoms with E-state index in [1.807, 2.05) is 18.7 Å². The molecular weight excluding hydrogens is 242 g/mol. The summed E-state index contributed by atoms with van der Waals surface area (Å²) in [4.78, 5) is 22.2. The van der Waals surface area contributed by atoms with Crippen molar-refractivity contribution < 1.29 is 9.90 Å². The number of piperidine rings is 1. The van der Waals surface area contributed by atoms with Crippen molar-refractivity contribution in [1.82, 2.24) is 9.97 Å². The lowest BCUT2D eigenvalue weighted by atomic mass is 9.89. The molecule has 1 aromatic heterocycles. The van der Waals surface area contributed by atoms with Crippen LogP contribution in [0, 0.1) is 19.8 Å². The van der Waals surface area contributed by atoms with Gasteiger partial charge in [0, 0.05) is 12.7 Å². The summed E-state index contributed by atoms with van der Waals surface area (Å²) in [6.07, 6.45) is 4.47. The lowest BCUT2D eigenvalue weighted by Crippen LogP contribution is -2.48. The third-order valence-electron chi connectivity index (χ3n) is 3.90. The van der Waals surface area contributed by atoms with Crippen molar-refractivity contribution in [2.24, 2.45) is 5.92 Å². The standard InChI is InChI=1S/C14H21N3O2/c1-4-11-5-6-17(12(7-11)14(18)19)13-10(3)15-8-9(2)16-13/h8,11-12H,4-7H2,1-3H3,(H,18,19). The fraction of sp³-hybridized carbons (Fsp3) is 0.643. The third-order valence-corrected chi connectivity index (χ3v) is 3.90. The van der Waals surface area contributed by atoms with E-state index < -0.39 is 12.0 Å². The number of carboxylic acid groups (broad SMARTS) is 1. The summed E-state index contributed by atoms with van der Waals surface area (Å²) < 4.78 is 0. The third kappa shape index (κ3) is 2.85. The Balaban J connectivity index is 2.31. The first kappa shape index (κ1) is 13.8. The van der Waals surface area contributed by atoms with Crippen LogP contribution in [0.25, 0.3) is 0 Å². The maximum Gasteiger partial charge on any atom is 0.326 e. The van der Waals surface area contributed by atoms with Gasteiger partial charge in [0.15, 0.2) is 5.82 Å². The van der Waals surface area contributed by atoms with Crippen LogP contribution in [-0.4, -0.2) is 33.6 Å². The molecule has 1 fully saturated rings. The Bertz CT molecular complexity index is 476. The number of hydrogen-bond acceptors (Lipinski definition) is 4. The molecule has 2 unspecified atom stereocenters. The number of aromatic nitrogens is 2. The van der Waals surface area contributed by atoms with Crippen LogP contribution in [0.3, 0.4) is 0 Å². The van der Waals surface area contributed by atoms with Crippen molar-refractivity contribution in [2.45, 2.75) is 46.1 Å². The van der Waals surface area contributed by atoms with Gasteiger partial charge in [-0.3, -0.25) is 4.98 Å². The van der Waals surface area contributed by atoms with Crippen molar-refractivity contribution in [3.8, 4) is 0 Å². The number of aliphatic carboxylic acids is 1. The largest absolute Gasteiger partial charge is 0.480 e. The molecule has 104 valence electrons. The first-order valence-corrected chi connectivity index (χ1v) is 6.82. The van der Waals surface area contributed by atoms with Crippen molar-refractivity contribution in [3.05, 3.63) is 17.6 Å². The van der Waals surface area contributed by atoms with E-state index in [9.17, 15) is 9.90 Å². The summed E-state index contributed by atoms with van der Waals surface area (Å²) in [5.74, 6) is 0.457. The Morgan fingerprint density at radius 1 is 1.53 bits per heavy atom. The molecule has 1 N–H and O–H groups in total. The van der Waals surface area contributed by atoms with Crippen LogP contribution < -0.4 is 4.90 Å². The van der Waals surface area contributed by atoms with E-state index in [-0.39, 0.29) is 0 Å². The number of rotatable bonds is 3. The predicted octanol–water partition coefficient (Wildman–Crippen LogP) is 2.17. The Labute approximate surface area is 113 Å². The van der Waals surface area contributed by atoms with Crippen LogP contribution in [-0.2, 0) is 4.79 Å². The Kier molecular flexibility index (Phi) is 4.02. The van der Waals surface area contributed by atoms with E-state index >= 15 is 0 Å². The van der Waals surface area contributed by atoms with Gasteiger partial charge in [0.1, 0.15) is 6.04 Å². The van der Waals surface area contributed by atoms with E-state index in [0.717, 1.165) is 36.6 Å². The van der Waals surface area contributed by atoms with Gasteiger partial charge in [0.25, 0.3) is 0 Å². The van der Waals surface area contributed by atoms with Crippen LogP contribution in [0.4, 0.5) is 5.82 Å². The highest BCUT2D eigenvalue weighted by atomic mass is 16.4. The van der Waals surface area contributed by atoms with Gasteiger partial charge in [-0.05, 0) is 32.6 Å². The summed E-state index contributed by atoms with van der Waals surface area (Å²) in [5.41, 5.74) is 1.62. The lowest BCUT2D eigenvalue weighted by Gasteiger charge is -2.38. The molecule has 5 nitrogen and oxygen atoms in total. The molecule has 0 bridgehead atoms. The number of nitrogens with zero attached hydrogens (tertiary/aromatic N) is 3. The zero-order valence-electron chi connectivity index (χ0n) is 11.8. The van der Waals surface area contributed by atoms with E-state index in [2.05, 4.69) is 16.9 Å². The summed E-state index contributed by atoms with van der Waals surface area (Å²) >= 11 is 0. The van der Waals surface area contributed by atoms with E-state index in [4.69, 9.17) is 0 Å². The smallest absolute Gasteiger partial charge is 0.326 e. The number of hydrogen-bond donors (Lipinski definition) is 1. The Morgan fingerprint density at radius 3 is 2.89 bits per heavy atom. The maximum absolute atomic E-state index is 11.5. The second-order valence-corrected chi connectivity index (χ2v) is 5.27. The Hall–Kier alpha value is -1.65. The fourth-order valence-corrected chi connectivity index (χ4v) is 2.69. The van der Waals surface area contributed by atoms with Gasteiger partial charge < -0.3 is 10.0 Å². The molecule has 1 aliphatic heterocycles. The van der Waals surface area contributed by atoms with E-state index in [1.165, 1.54) is 0 Å². The molecule has 5 heteroatoms. The molecule has 2 rings (SSSR count). The second kappa shape index (κ2) is 5.55. The number of carbonyl (C=O) groups is 1. The summed E-state index contributed by atoms with van der Waals surface area (Å²) in [6.45, 7) is 6.63. The molecule has 1 aromatic rings. The number of anilines is 1. The quantitative estimate of drug-likeness (QED) is 0.905. The van der Waals surface area contributed by atoms with Gasteiger partial charge in [0.05, 0.1) is 11.4 Å². The molecule has 2 atom stereocenters. The molecule has 0 saturated carbocycles. The normalized spacial score (nSPS) is 23.4. The zero-order valence-corrected chi connectivity index (χ0v) is 11.8. The zero-order chi connectivity index (χ0) is 14.0. The number of aryl methyl sites for hydroxylation is 2. The van der Waals surface area contributed by atoms with E-state index in [0.29, 0.717) is 12.3 Å². The van der Waals surface area contributed by atoms with Crippen molar-refractivity contribution in [1.29, 1.82) is 0 Å². The summed E-state index contributed by atoms with van der Waals surface area (Å²) in [7, 11) is 0. The first-order valence-electron chi connectivity index (χ1n) is 6.82. The van der Waals surface area contributed by atoms with Gasteiger partial charge in [-0.15, -0.1) is 0 Å². The van der Waals surface area contributed by atoms with Gasteiger partial charge in [-0.1, -0.05) is 13.3 Å².